The number of nitrogen functional groups attached to an aromatic ring is 1. The highest BCUT2D eigenvalue weighted by molar-refractivity contribution is 6.00. The van der Waals surface area contributed by atoms with Crippen molar-refractivity contribution in [1.29, 1.82) is 0 Å². The molecule has 1 fully saturated rings. The molecule has 0 spiro atoms. The van der Waals surface area contributed by atoms with Gasteiger partial charge in [-0.05, 0) is 44.4 Å². The molecule has 3 N–H and O–H groups in total. The van der Waals surface area contributed by atoms with Crippen LogP contribution in [0.25, 0.3) is 0 Å². The summed E-state index contributed by atoms with van der Waals surface area (Å²) in [6.45, 7) is 3.00. The molecule has 1 aromatic heterocycles. The lowest BCUT2D eigenvalue weighted by Crippen LogP contribution is -2.34. The van der Waals surface area contributed by atoms with Crippen LogP contribution in [-0.2, 0) is 0 Å². The maximum Gasteiger partial charge on any atom is 0.166 e. The number of aryl methyl sites for hydroxylation is 1. The van der Waals surface area contributed by atoms with Gasteiger partial charge in [-0.1, -0.05) is 6.42 Å². The second-order valence-electron chi connectivity index (χ2n) is 5.05. The first-order valence-corrected chi connectivity index (χ1v) is 6.65. The number of pyridine rings is 1. The van der Waals surface area contributed by atoms with Crippen molar-refractivity contribution in [2.24, 2.45) is 0 Å². The number of carbonyl (C=O) groups is 1. The molecule has 0 bridgehead atoms. The minimum absolute atomic E-state index is 0.107. The summed E-state index contributed by atoms with van der Waals surface area (Å²) in [5.74, 6) is 0.457. The zero-order valence-corrected chi connectivity index (χ0v) is 10.9. The van der Waals surface area contributed by atoms with Crippen LogP contribution in [0.15, 0.2) is 12.3 Å². The molecule has 0 saturated carbocycles. The van der Waals surface area contributed by atoms with Gasteiger partial charge in [0, 0.05) is 18.7 Å². The highest BCUT2D eigenvalue weighted by Gasteiger charge is 2.16. The topological polar surface area (TPSA) is 68.0 Å². The number of rotatable bonds is 4. The molecule has 4 nitrogen and oxygen atoms in total. The summed E-state index contributed by atoms with van der Waals surface area (Å²) < 4.78 is 0. The molecule has 4 heteroatoms. The number of hydrogen-bond acceptors (Lipinski definition) is 4. The van der Waals surface area contributed by atoms with Gasteiger partial charge in [0.1, 0.15) is 5.82 Å². The van der Waals surface area contributed by atoms with E-state index in [1.807, 2.05) is 13.0 Å². The maximum atomic E-state index is 12.1. The number of nitrogens with zero attached hydrogens (tertiary/aromatic N) is 1. The Morgan fingerprint density at radius 2 is 2.39 bits per heavy atom. The van der Waals surface area contributed by atoms with Crippen LogP contribution in [0.4, 0.5) is 5.82 Å². The fraction of sp³-hybridized carbons (Fsp3) is 0.571. The van der Waals surface area contributed by atoms with Crippen LogP contribution in [-0.4, -0.2) is 23.4 Å². The molecular weight excluding hydrogens is 226 g/mol. The fourth-order valence-electron chi connectivity index (χ4n) is 2.41. The van der Waals surface area contributed by atoms with Crippen molar-refractivity contribution in [2.75, 3.05) is 12.3 Å². The van der Waals surface area contributed by atoms with E-state index in [1.165, 1.54) is 19.3 Å². The molecule has 1 aliphatic rings. The predicted octanol–water partition coefficient (Wildman–Crippen LogP) is 2.08. The molecule has 0 aromatic carbocycles. The van der Waals surface area contributed by atoms with Crippen LogP contribution < -0.4 is 11.1 Å². The maximum absolute atomic E-state index is 12.1. The number of hydrogen-bond donors (Lipinski definition) is 2. The molecule has 2 heterocycles. The van der Waals surface area contributed by atoms with Crippen molar-refractivity contribution < 1.29 is 4.79 Å². The van der Waals surface area contributed by atoms with Crippen LogP contribution in [0.5, 0.6) is 0 Å². The Morgan fingerprint density at radius 1 is 1.56 bits per heavy atom. The molecule has 1 atom stereocenters. The first kappa shape index (κ1) is 13.0. The normalized spacial score (nSPS) is 19.7. The van der Waals surface area contributed by atoms with Crippen molar-refractivity contribution in [2.45, 2.75) is 45.1 Å². The summed E-state index contributed by atoms with van der Waals surface area (Å²) in [5, 5.41) is 3.45. The lowest BCUT2D eigenvalue weighted by molar-refractivity contribution is 0.0974. The van der Waals surface area contributed by atoms with Gasteiger partial charge in [-0.25, -0.2) is 4.98 Å². The van der Waals surface area contributed by atoms with Crippen LogP contribution in [0.3, 0.4) is 0 Å². The Morgan fingerprint density at radius 3 is 3.11 bits per heavy atom. The summed E-state index contributed by atoms with van der Waals surface area (Å²) in [4.78, 5) is 16.1. The standard InChI is InChI=1S/C14H21N3O/c1-10-8-12(14(15)17-9-10)13(18)6-5-11-4-2-3-7-16-11/h8-9,11,16H,2-7H2,1H3,(H2,15,17). The first-order valence-electron chi connectivity index (χ1n) is 6.65. The number of nitrogens with two attached hydrogens (primary N) is 1. The molecule has 1 saturated heterocycles. The van der Waals surface area contributed by atoms with E-state index in [4.69, 9.17) is 5.73 Å². The second-order valence-corrected chi connectivity index (χ2v) is 5.05. The fourth-order valence-corrected chi connectivity index (χ4v) is 2.41. The van der Waals surface area contributed by atoms with Crippen LogP contribution in [0.2, 0.25) is 0 Å². The highest BCUT2D eigenvalue weighted by Crippen LogP contribution is 2.17. The zero-order chi connectivity index (χ0) is 13.0. The zero-order valence-electron chi connectivity index (χ0n) is 10.9. The van der Waals surface area contributed by atoms with Crippen LogP contribution >= 0.6 is 0 Å². The molecule has 98 valence electrons. The summed E-state index contributed by atoms with van der Waals surface area (Å²) >= 11 is 0. The average Bonchev–Trinajstić information content (AvgIpc) is 2.40. The molecular formula is C14H21N3O. The minimum atomic E-state index is 0.107. The van der Waals surface area contributed by atoms with Crippen molar-refractivity contribution in [3.8, 4) is 0 Å². The summed E-state index contributed by atoms with van der Waals surface area (Å²) in [6.07, 6.45) is 6.82. The highest BCUT2D eigenvalue weighted by atomic mass is 16.1. The molecule has 0 radical (unpaired) electrons. The van der Waals surface area contributed by atoms with E-state index >= 15 is 0 Å². The van der Waals surface area contributed by atoms with Gasteiger partial charge >= 0.3 is 0 Å². The van der Waals surface area contributed by atoms with Gasteiger partial charge in [0.05, 0.1) is 5.56 Å². The van der Waals surface area contributed by atoms with Gasteiger partial charge in [0.15, 0.2) is 5.78 Å². The van der Waals surface area contributed by atoms with Gasteiger partial charge in [-0.2, -0.15) is 0 Å². The number of ketones is 1. The average molecular weight is 247 g/mol. The Balaban J connectivity index is 1.92. The van der Waals surface area contributed by atoms with Gasteiger partial charge < -0.3 is 11.1 Å². The molecule has 2 rings (SSSR count). The summed E-state index contributed by atoms with van der Waals surface area (Å²) in [6, 6.07) is 2.32. The van der Waals surface area contributed by atoms with Crippen molar-refractivity contribution in [3.05, 3.63) is 23.4 Å². The predicted molar refractivity (Wildman–Crippen MR) is 72.6 cm³/mol. The monoisotopic (exact) mass is 247 g/mol. The van der Waals surface area contributed by atoms with Gasteiger partial charge in [-0.15, -0.1) is 0 Å². The Bertz CT molecular complexity index is 425. The summed E-state index contributed by atoms with van der Waals surface area (Å²) in [7, 11) is 0. The van der Waals surface area contributed by atoms with Crippen molar-refractivity contribution in [3.63, 3.8) is 0 Å². The molecule has 1 aliphatic heterocycles. The SMILES string of the molecule is Cc1cnc(N)c(C(=O)CCC2CCCCN2)c1. The largest absolute Gasteiger partial charge is 0.383 e. The smallest absolute Gasteiger partial charge is 0.166 e. The van der Waals surface area contributed by atoms with Crippen molar-refractivity contribution >= 4 is 11.6 Å². The van der Waals surface area contributed by atoms with Crippen molar-refractivity contribution in [1.82, 2.24) is 10.3 Å². The Labute approximate surface area is 108 Å². The lowest BCUT2D eigenvalue weighted by atomic mass is 9.97. The Hall–Kier alpha value is -1.42. The first-order chi connectivity index (χ1) is 8.66. The van der Waals surface area contributed by atoms with E-state index in [0.717, 1.165) is 18.5 Å². The van der Waals surface area contributed by atoms with E-state index in [9.17, 15) is 4.79 Å². The van der Waals surface area contributed by atoms with Gasteiger partial charge in [-0.3, -0.25) is 4.79 Å². The third-order valence-corrected chi connectivity index (χ3v) is 3.49. The van der Waals surface area contributed by atoms with E-state index in [0.29, 0.717) is 23.8 Å². The minimum Gasteiger partial charge on any atom is -0.383 e. The molecule has 1 unspecified atom stereocenters. The molecule has 18 heavy (non-hydrogen) atoms. The number of aromatic nitrogens is 1. The van der Waals surface area contributed by atoms with Gasteiger partial charge in [0.25, 0.3) is 0 Å². The second kappa shape index (κ2) is 5.96. The third-order valence-electron chi connectivity index (χ3n) is 3.49. The van der Waals surface area contributed by atoms with E-state index in [-0.39, 0.29) is 5.78 Å². The van der Waals surface area contributed by atoms with E-state index in [1.54, 1.807) is 6.20 Å². The van der Waals surface area contributed by atoms with Crippen LogP contribution in [0, 0.1) is 6.92 Å². The van der Waals surface area contributed by atoms with E-state index < -0.39 is 0 Å². The third kappa shape index (κ3) is 3.29. The number of Topliss-reactive ketones (excluding diaryl/α,β-unsaturated/α-hetero) is 1. The molecule has 0 aliphatic carbocycles. The number of carbonyl (C=O) groups excluding carboxylic acids is 1. The molecule has 1 aromatic rings. The van der Waals surface area contributed by atoms with Crippen LogP contribution in [0.1, 0.15) is 48.0 Å². The quantitative estimate of drug-likeness (QED) is 0.799. The summed E-state index contributed by atoms with van der Waals surface area (Å²) in [5.41, 5.74) is 7.30. The molecule has 0 amide bonds. The number of nitrogens with one attached hydrogen (secondary N) is 1. The lowest BCUT2D eigenvalue weighted by Gasteiger charge is -2.23. The number of anilines is 1. The number of piperidine rings is 1. The van der Waals surface area contributed by atoms with E-state index in [2.05, 4.69) is 10.3 Å². The van der Waals surface area contributed by atoms with Gasteiger partial charge in [0.2, 0.25) is 0 Å². The Kier molecular flexibility index (Phi) is 4.31.